The smallest absolute Gasteiger partial charge is 0.233 e. The molecule has 0 spiro atoms. The summed E-state index contributed by atoms with van der Waals surface area (Å²) in [6.45, 7) is 8.46. The Bertz CT molecular complexity index is 552. The third kappa shape index (κ3) is 2.50. The van der Waals surface area contributed by atoms with Gasteiger partial charge in [0.15, 0.2) is 0 Å². The van der Waals surface area contributed by atoms with E-state index in [0.717, 1.165) is 18.4 Å². The Morgan fingerprint density at radius 1 is 1.25 bits per heavy atom. The summed E-state index contributed by atoms with van der Waals surface area (Å²) in [6, 6.07) is 9.43. The second kappa shape index (κ2) is 5.75. The number of rotatable bonds is 6. The molecule has 1 saturated carbocycles. The molecule has 1 fully saturated rings. The van der Waals surface area contributed by atoms with E-state index in [1.165, 1.54) is 0 Å². The molecule has 0 aliphatic heterocycles. The van der Waals surface area contributed by atoms with Gasteiger partial charge in [-0.15, -0.1) is 13.2 Å². The maximum Gasteiger partial charge on any atom is 0.233 e. The van der Waals surface area contributed by atoms with Crippen LogP contribution in [-0.2, 0) is 10.2 Å². The molecule has 3 nitrogen and oxygen atoms in total. The lowest BCUT2D eigenvalue weighted by molar-refractivity contribution is -0.132. The molecule has 0 unspecified atom stereocenters. The van der Waals surface area contributed by atoms with Crippen molar-refractivity contribution < 1.29 is 4.79 Å². The van der Waals surface area contributed by atoms with E-state index in [2.05, 4.69) is 19.2 Å². The van der Waals surface area contributed by atoms with E-state index in [9.17, 15) is 4.79 Å². The number of hydrogen-bond acceptors (Lipinski definition) is 2. The van der Waals surface area contributed by atoms with Crippen molar-refractivity contribution in [2.75, 3.05) is 13.1 Å². The van der Waals surface area contributed by atoms with Crippen molar-refractivity contribution in [1.82, 2.24) is 4.90 Å². The van der Waals surface area contributed by atoms with E-state index in [-0.39, 0.29) is 5.91 Å². The number of amides is 1. The fraction of sp³-hybridized carbons (Fsp3) is 0.294. The fourth-order valence-corrected chi connectivity index (χ4v) is 2.47. The first-order chi connectivity index (χ1) is 9.67. The highest BCUT2D eigenvalue weighted by Gasteiger charge is 2.52. The van der Waals surface area contributed by atoms with Crippen LogP contribution in [-0.4, -0.2) is 23.9 Å². The van der Waals surface area contributed by atoms with Gasteiger partial charge in [-0.2, -0.15) is 5.26 Å². The molecule has 0 N–H and O–H groups in total. The molecule has 0 aromatic heterocycles. The van der Waals surface area contributed by atoms with Crippen LogP contribution in [0, 0.1) is 11.3 Å². The lowest BCUT2D eigenvalue weighted by Crippen LogP contribution is -2.39. The lowest BCUT2D eigenvalue weighted by Gasteiger charge is -2.25. The van der Waals surface area contributed by atoms with Gasteiger partial charge in [-0.3, -0.25) is 4.79 Å². The topological polar surface area (TPSA) is 44.1 Å². The molecule has 0 atom stereocenters. The van der Waals surface area contributed by atoms with Crippen molar-refractivity contribution in [3.05, 3.63) is 60.7 Å². The number of benzene rings is 1. The van der Waals surface area contributed by atoms with Crippen LogP contribution >= 0.6 is 0 Å². The average Bonchev–Trinajstić information content (AvgIpc) is 3.28. The van der Waals surface area contributed by atoms with Gasteiger partial charge in [-0.1, -0.05) is 24.3 Å². The molecule has 0 saturated heterocycles. The van der Waals surface area contributed by atoms with Crippen LogP contribution < -0.4 is 0 Å². The van der Waals surface area contributed by atoms with Gasteiger partial charge in [0.05, 0.1) is 17.0 Å². The molecule has 3 heteroatoms. The van der Waals surface area contributed by atoms with E-state index in [1.54, 1.807) is 29.2 Å². The number of carbonyl (C=O) groups excluding carboxylic acids is 1. The molecule has 1 aromatic rings. The third-order valence-electron chi connectivity index (χ3n) is 3.71. The fourth-order valence-electron chi connectivity index (χ4n) is 2.47. The molecule has 0 bridgehead atoms. The van der Waals surface area contributed by atoms with Gasteiger partial charge in [0.2, 0.25) is 5.91 Å². The Balaban J connectivity index is 2.24. The number of carbonyl (C=O) groups is 1. The summed E-state index contributed by atoms with van der Waals surface area (Å²) in [5, 5.41) is 8.84. The molecule has 20 heavy (non-hydrogen) atoms. The van der Waals surface area contributed by atoms with E-state index < -0.39 is 5.41 Å². The Morgan fingerprint density at radius 3 is 2.20 bits per heavy atom. The van der Waals surface area contributed by atoms with Crippen molar-refractivity contribution in [3.8, 4) is 6.07 Å². The van der Waals surface area contributed by atoms with Crippen molar-refractivity contribution in [1.29, 1.82) is 5.26 Å². The minimum absolute atomic E-state index is 0.127. The van der Waals surface area contributed by atoms with Crippen LogP contribution in [0.1, 0.15) is 24.0 Å². The summed E-state index contributed by atoms with van der Waals surface area (Å²) < 4.78 is 0. The van der Waals surface area contributed by atoms with Crippen molar-refractivity contribution in [2.24, 2.45) is 0 Å². The van der Waals surface area contributed by atoms with Gasteiger partial charge in [0.1, 0.15) is 0 Å². The second-order valence-electron chi connectivity index (χ2n) is 5.06. The van der Waals surface area contributed by atoms with Crippen LogP contribution in [0.25, 0.3) is 0 Å². The number of hydrogen-bond donors (Lipinski definition) is 0. The summed E-state index contributed by atoms with van der Waals surface area (Å²) in [6.07, 6.45) is 5.19. The van der Waals surface area contributed by atoms with E-state index >= 15 is 0 Å². The van der Waals surface area contributed by atoms with Crippen LogP contribution in [0.3, 0.4) is 0 Å². The Morgan fingerprint density at radius 2 is 1.80 bits per heavy atom. The highest BCUT2D eigenvalue weighted by molar-refractivity contribution is 5.91. The minimum atomic E-state index is -0.403. The molecule has 2 rings (SSSR count). The summed E-state index contributed by atoms with van der Waals surface area (Å²) in [7, 11) is 0. The zero-order valence-electron chi connectivity index (χ0n) is 11.5. The Hall–Kier alpha value is -2.34. The second-order valence-corrected chi connectivity index (χ2v) is 5.06. The Labute approximate surface area is 119 Å². The van der Waals surface area contributed by atoms with Crippen molar-refractivity contribution >= 4 is 5.91 Å². The molecule has 1 aromatic carbocycles. The van der Waals surface area contributed by atoms with Crippen molar-refractivity contribution in [2.45, 2.75) is 18.3 Å². The number of nitriles is 1. The first-order valence-electron chi connectivity index (χ1n) is 6.70. The van der Waals surface area contributed by atoms with E-state index in [1.807, 2.05) is 12.1 Å². The Kier molecular flexibility index (Phi) is 4.05. The standard InChI is InChI=1S/C17H18N2O/c1-3-11-19(12-4-2)16(20)17(9-10-17)15-7-5-14(13-18)6-8-15/h3-8H,1-2,9-12H2. The summed E-state index contributed by atoms with van der Waals surface area (Å²) in [5.41, 5.74) is 1.21. The third-order valence-corrected chi connectivity index (χ3v) is 3.71. The highest BCUT2D eigenvalue weighted by atomic mass is 16.2. The maximum absolute atomic E-state index is 12.7. The quantitative estimate of drug-likeness (QED) is 0.743. The van der Waals surface area contributed by atoms with E-state index in [4.69, 9.17) is 5.26 Å². The summed E-state index contributed by atoms with van der Waals surface area (Å²) in [4.78, 5) is 14.5. The van der Waals surface area contributed by atoms with Crippen LogP contribution in [0.5, 0.6) is 0 Å². The molecule has 0 heterocycles. The van der Waals surface area contributed by atoms with Gasteiger partial charge < -0.3 is 4.90 Å². The molecule has 0 radical (unpaired) electrons. The zero-order valence-corrected chi connectivity index (χ0v) is 11.5. The van der Waals surface area contributed by atoms with Crippen LogP contribution in [0.4, 0.5) is 0 Å². The normalized spacial score (nSPS) is 14.9. The predicted octanol–water partition coefficient (Wildman–Crippen LogP) is 2.79. The van der Waals surface area contributed by atoms with Crippen LogP contribution in [0.2, 0.25) is 0 Å². The molecule has 1 amide bonds. The molecule has 1 aliphatic carbocycles. The summed E-state index contributed by atoms with van der Waals surface area (Å²) in [5.74, 6) is 0.127. The minimum Gasteiger partial charge on any atom is -0.335 e. The predicted molar refractivity (Wildman–Crippen MR) is 79.0 cm³/mol. The van der Waals surface area contributed by atoms with Gasteiger partial charge in [-0.25, -0.2) is 0 Å². The van der Waals surface area contributed by atoms with Gasteiger partial charge >= 0.3 is 0 Å². The molecular formula is C17H18N2O. The van der Waals surface area contributed by atoms with Crippen molar-refractivity contribution in [3.63, 3.8) is 0 Å². The van der Waals surface area contributed by atoms with Gasteiger partial charge in [0, 0.05) is 13.1 Å². The molecule has 1 aliphatic rings. The monoisotopic (exact) mass is 266 g/mol. The first kappa shape index (κ1) is 14.1. The average molecular weight is 266 g/mol. The van der Waals surface area contributed by atoms with Gasteiger partial charge in [0.25, 0.3) is 0 Å². The maximum atomic E-state index is 12.7. The summed E-state index contributed by atoms with van der Waals surface area (Å²) >= 11 is 0. The van der Waals surface area contributed by atoms with Crippen LogP contribution in [0.15, 0.2) is 49.6 Å². The largest absolute Gasteiger partial charge is 0.335 e. The van der Waals surface area contributed by atoms with E-state index in [0.29, 0.717) is 18.7 Å². The molecule has 102 valence electrons. The zero-order chi connectivity index (χ0) is 14.6. The SMILES string of the molecule is C=CCN(CC=C)C(=O)C1(c2ccc(C#N)cc2)CC1. The van der Waals surface area contributed by atoms with Gasteiger partial charge in [-0.05, 0) is 30.5 Å². The molecular weight excluding hydrogens is 248 g/mol. The lowest BCUT2D eigenvalue weighted by atomic mass is 9.93. The first-order valence-corrected chi connectivity index (χ1v) is 6.70. The number of nitrogens with zero attached hydrogens (tertiary/aromatic N) is 2. The highest BCUT2D eigenvalue weighted by Crippen LogP contribution is 2.49.